The van der Waals surface area contributed by atoms with E-state index in [0.717, 1.165) is 34.2 Å². The average molecular weight is 338 g/mol. The van der Waals surface area contributed by atoms with Gasteiger partial charge in [0.25, 0.3) is 0 Å². The second-order valence-electron chi connectivity index (χ2n) is 6.98. The molecule has 0 aliphatic heterocycles. The summed E-state index contributed by atoms with van der Waals surface area (Å²) in [6, 6.07) is 24.3. The first-order chi connectivity index (χ1) is 12.6. The van der Waals surface area contributed by atoms with Gasteiger partial charge >= 0.3 is 0 Å². The molecule has 3 aromatic carbocycles. The van der Waals surface area contributed by atoms with Gasteiger partial charge in [0.2, 0.25) is 0 Å². The normalized spacial score (nSPS) is 14.7. The molecule has 1 unspecified atom stereocenters. The highest BCUT2D eigenvalue weighted by atomic mass is 16.3. The zero-order chi connectivity index (χ0) is 18.1. The van der Waals surface area contributed by atoms with Gasteiger partial charge in [-0.05, 0) is 41.2 Å². The third kappa shape index (κ3) is 2.64. The van der Waals surface area contributed by atoms with Gasteiger partial charge in [-0.15, -0.1) is 0 Å². The second-order valence-corrected chi connectivity index (χ2v) is 6.98. The van der Waals surface area contributed by atoms with Crippen molar-refractivity contribution in [1.29, 1.82) is 0 Å². The molecule has 0 bridgehead atoms. The van der Waals surface area contributed by atoms with E-state index in [1.807, 2.05) is 48.5 Å². The summed E-state index contributed by atoms with van der Waals surface area (Å²) in [5.41, 5.74) is 4.84. The van der Waals surface area contributed by atoms with Gasteiger partial charge < -0.3 is 5.11 Å². The first kappa shape index (κ1) is 16.6. The van der Waals surface area contributed by atoms with Crippen LogP contribution in [0, 0.1) is 11.8 Å². The van der Waals surface area contributed by atoms with Crippen molar-refractivity contribution in [3.8, 4) is 23.0 Å². The lowest BCUT2D eigenvalue weighted by molar-refractivity contribution is 0.150. The van der Waals surface area contributed by atoms with E-state index >= 15 is 0 Å². The second kappa shape index (κ2) is 6.48. The topological polar surface area (TPSA) is 20.2 Å². The number of rotatable bonds is 2. The van der Waals surface area contributed by atoms with Gasteiger partial charge in [0.1, 0.15) is 0 Å². The van der Waals surface area contributed by atoms with Crippen LogP contribution >= 0.6 is 0 Å². The van der Waals surface area contributed by atoms with E-state index in [2.05, 4.69) is 50.0 Å². The predicted octanol–water partition coefficient (Wildman–Crippen LogP) is 5.47. The SMILES string of the molecule is CCC(C)c1ccc(C#CC2(O)c3ccccc3-c3ccccc32)cc1. The summed E-state index contributed by atoms with van der Waals surface area (Å²) in [5.74, 6) is 6.90. The highest BCUT2D eigenvalue weighted by molar-refractivity contribution is 5.82. The third-order valence-electron chi connectivity index (χ3n) is 5.40. The van der Waals surface area contributed by atoms with Gasteiger partial charge in [-0.3, -0.25) is 0 Å². The van der Waals surface area contributed by atoms with Gasteiger partial charge in [0.05, 0.1) is 0 Å². The molecule has 0 saturated heterocycles. The Balaban J connectivity index is 1.76. The van der Waals surface area contributed by atoms with Crippen LogP contribution < -0.4 is 0 Å². The average Bonchev–Trinajstić information content (AvgIpc) is 2.96. The zero-order valence-corrected chi connectivity index (χ0v) is 15.2. The van der Waals surface area contributed by atoms with E-state index < -0.39 is 5.60 Å². The van der Waals surface area contributed by atoms with Crippen LogP contribution in [0.25, 0.3) is 11.1 Å². The summed E-state index contributed by atoms with van der Waals surface area (Å²) in [5, 5.41) is 11.5. The lowest BCUT2D eigenvalue weighted by atomic mass is 9.91. The fourth-order valence-electron chi connectivity index (χ4n) is 3.64. The molecule has 1 heteroatoms. The molecule has 1 nitrogen and oxygen atoms in total. The Morgan fingerprint density at radius 1 is 0.846 bits per heavy atom. The molecule has 0 heterocycles. The van der Waals surface area contributed by atoms with Gasteiger partial charge in [-0.25, -0.2) is 0 Å². The van der Waals surface area contributed by atoms with Crippen LogP contribution in [0.15, 0.2) is 72.8 Å². The minimum Gasteiger partial charge on any atom is -0.369 e. The number of benzene rings is 3. The molecule has 1 aliphatic carbocycles. The van der Waals surface area contributed by atoms with E-state index in [0.29, 0.717) is 5.92 Å². The van der Waals surface area contributed by atoms with E-state index in [9.17, 15) is 5.11 Å². The summed E-state index contributed by atoms with van der Waals surface area (Å²) in [7, 11) is 0. The van der Waals surface area contributed by atoms with Gasteiger partial charge in [0.15, 0.2) is 5.60 Å². The highest BCUT2D eigenvalue weighted by Gasteiger charge is 2.39. The Bertz CT molecular complexity index is 957. The first-order valence-electron chi connectivity index (χ1n) is 9.18. The standard InChI is InChI=1S/C25H22O/c1-3-18(2)20-14-12-19(13-15-20)16-17-25(26)23-10-6-4-8-21(23)22-9-5-7-11-24(22)25/h4-15,18,26H,3H2,1-2H3. The van der Waals surface area contributed by atoms with Crippen molar-refractivity contribution in [1.82, 2.24) is 0 Å². The van der Waals surface area contributed by atoms with Crippen LogP contribution in [0.5, 0.6) is 0 Å². The minimum atomic E-state index is -1.26. The summed E-state index contributed by atoms with van der Waals surface area (Å²) in [6.45, 7) is 4.43. The summed E-state index contributed by atoms with van der Waals surface area (Å²) in [6.07, 6.45) is 1.12. The van der Waals surface area contributed by atoms with Crippen LogP contribution in [0.4, 0.5) is 0 Å². The van der Waals surface area contributed by atoms with Crippen LogP contribution in [0.1, 0.15) is 48.4 Å². The fourth-order valence-corrected chi connectivity index (χ4v) is 3.64. The Labute approximate surface area is 155 Å². The fraction of sp³-hybridized carbons (Fsp3) is 0.200. The minimum absolute atomic E-state index is 0.551. The molecule has 1 atom stereocenters. The number of hydrogen-bond acceptors (Lipinski definition) is 1. The van der Waals surface area contributed by atoms with E-state index in [1.165, 1.54) is 5.56 Å². The number of fused-ring (bicyclic) bond motifs is 3. The molecule has 26 heavy (non-hydrogen) atoms. The van der Waals surface area contributed by atoms with Gasteiger partial charge in [-0.2, -0.15) is 0 Å². The van der Waals surface area contributed by atoms with Crippen molar-refractivity contribution >= 4 is 0 Å². The largest absolute Gasteiger partial charge is 0.369 e. The van der Waals surface area contributed by atoms with Crippen molar-refractivity contribution in [2.45, 2.75) is 31.8 Å². The molecular weight excluding hydrogens is 316 g/mol. The Kier molecular flexibility index (Phi) is 4.15. The maximum Gasteiger partial charge on any atom is 0.178 e. The summed E-state index contributed by atoms with van der Waals surface area (Å²) in [4.78, 5) is 0. The Morgan fingerprint density at radius 2 is 1.38 bits per heavy atom. The molecule has 0 aromatic heterocycles. The van der Waals surface area contributed by atoms with Crippen molar-refractivity contribution in [2.75, 3.05) is 0 Å². The molecule has 1 N–H and O–H groups in total. The van der Waals surface area contributed by atoms with Crippen molar-refractivity contribution in [2.24, 2.45) is 0 Å². The van der Waals surface area contributed by atoms with Crippen molar-refractivity contribution < 1.29 is 5.11 Å². The van der Waals surface area contributed by atoms with Crippen LogP contribution in [-0.2, 0) is 5.60 Å². The molecule has 0 fully saturated rings. The molecule has 128 valence electrons. The molecule has 0 radical (unpaired) electrons. The number of hydrogen-bond donors (Lipinski definition) is 1. The molecule has 3 aromatic rings. The first-order valence-corrected chi connectivity index (χ1v) is 9.18. The van der Waals surface area contributed by atoms with E-state index in [4.69, 9.17) is 0 Å². The molecule has 0 saturated carbocycles. The van der Waals surface area contributed by atoms with E-state index in [1.54, 1.807) is 0 Å². The Morgan fingerprint density at radius 3 is 1.92 bits per heavy atom. The maximum atomic E-state index is 11.5. The van der Waals surface area contributed by atoms with Gasteiger partial charge in [-0.1, -0.05) is 86.4 Å². The molecule has 1 aliphatic rings. The highest BCUT2D eigenvalue weighted by Crippen LogP contribution is 2.46. The van der Waals surface area contributed by atoms with Crippen LogP contribution in [0.3, 0.4) is 0 Å². The van der Waals surface area contributed by atoms with Crippen molar-refractivity contribution in [3.05, 3.63) is 95.1 Å². The summed E-state index contributed by atoms with van der Waals surface area (Å²) >= 11 is 0. The lowest BCUT2D eigenvalue weighted by Gasteiger charge is -2.18. The monoisotopic (exact) mass is 338 g/mol. The predicted molar refractivity (Wildman–Crippen MR) is 107 cm³/mol. The number of aliphatic hydroxyl groups is 1. The molecule has 4 rings (SSSR count). The van der Waals surface area contributed by atoms with Gasteiger partial charge in [0, 0.05) is 16.7 Å². The van der Waals surface area contributed by atoms with E-state index in [-0.39, 0.29) is 0 Å². The molecular formula is C25H22O. The molecule has 0 spiro atoms. The zero-order valence-electron chi connectivity index (χ0n) is 15.2. The molecule has 0 amide bonds. The Hall–Kier alpha value is -2.82. The third-order valence-corrected chi connectivity index (χ3v) is 5.40. The van der Waals surface area contributed by atoms with Crippen molar-refractivity contribution in [3.63, 3.8) is 0 Å². The van der Waals surface area contributed by atoms with Crippen LogP contribution in [-0.4, -0.2) is 5.11 Å². The maximum absolute atomic E-state index is 11.5. The van der Waals surface area contributed by atoms with Crippen LogP contribution in [0.2, 0.25) is 0 Å². The summed E-state index contributed by atoms with van der Waals surface area (Å²) < 4.78 is 0. The quantitative estimate of drug-likeness (QED) is 0.615. The lowest BCUT2D eigenvalue weighted by Crippen LogP contribution is -2.22. The smallest absolute Gasteiger partial charge is 0.178 e.